The fourth-order valence-corrected chi connectivity index (χ4v) is 2.12. The molecule has 2 aromatic heterocycles. The number of pyridine rings is 1. The van der Waals surface area contributed by atoms with Crippen LogP contribution in [0.3, 0.4) is 0 Å². The fourth-order valence-electron chi connectivity index (χ4n) is 2.12. The molecule has 3 heterocycles. The third-order valence-electron chi connectivity index (χ3n) is 2.94. The fraction of sp³-hybridized carbons (Fsp3) is 0.417. The second-order valence-electron chi connectivity index (χ2n) is 4.13. The van der Waals surface area contributed by atoms with E-state index in [9.17, 15) is 0 Å². The first-order valence-corrected chi connectivity index (χ1v) is 5.61. The minimum Gasteiger partial charge on any atom is -0.378 e. The van der Waals surface area contributed by atoms with Gasteiger partial charge in [0.1, 0.15) is 5.65 Å². The van der Waals surface area contributed by atoms with Crippen molar-refractivity contribution >= 4 is 11.3 Å². The molecule has 3 rings (SSSR count). The summed E-state index contributed by atoms with van der Waals surface area (Å²) in [5.74, 6) is 0. The van der Waals surface area contributed by atoms with E-state index in [1.54, 1.807) is 0 Å². The lowest BCUT2D eigenvalue weighted by atomic mass is 10.3. The van der Waals surface area contributed by atoms with E-state index in [4.69, 9.17) is 4.74 Å². The Morgan fingerprint density at radius 1 is 1.31 bits per heavy atom. The minimum atomic E-state index is 0.818. The number of aromatic nitrogens is 2. The van der Waals surface area contributed by atoms with Crippen molar-refractivity contribution in [2.45, 2.75) is 6.92 Å². The number of hydrogen-bond donors (Lipinski definition) is 0. The highest BCUT2D eigenvalue weighted by atomic mass is 16.5. The largest absolute Gasteiger partial charge is 0.378 e. The Bertz CT molecular complexity index is 500. The number of fused-ring (bicyclic) bond motifs is 1. The van der Waals surface area contributed by atoms with Crippen LogP contribution in [0.15, 0.2) is 24.5 Å². The molecule has 0 amide bonds. The van der Waals surface area contributed by atoms with Crippen LogP contribution in [0.25, 0.3) is 5.65 Å². The molecule has 1 aliphatic heterocycles. The molecular weight excluding hydrogens is 202 g/mol. The molecule has 0 spiro atoms. The second-order valence-corrected chi connectivity index (χ2v) is 4.13. The number of imidazole rings is 1. The van der Waals surface area contributed by atoms with Crippen molar-refractivity contribution in [3.8, 4) is 0 Å². The average Bonchev–Trinajstić information content (AvgIpc) is 2.69. The molecule has 0 unspecified atom stereocenters. The highest BCUT2D eigenvalue weighted by Crippen LogP contribution is 2.18. The van der Waals surface area contributed by atoms with Crippen LogP contribution in [0.5, 0.6) is 0 Å². The van der Waals surface area contributed by atoms with E-state index in [2.05, 4.69) is 32.6 Å². The minimum absolute atomic E-state index is 0.818. The molecule has 16 heavy (non-hydrogen) atoms. The first-order valence-electron chi connectivity index (χ1n) is 5.61. The molecule has 0 N–H and O–H groups in total. The summed E-state index contributed by atoms with van der Waals surface area (Å²) in [6.07, 6.45) is 4.11. The zero-order chi connectivity index (χ0) is 11.0. The summed E-state index contributed by atoms with van der Waals surface area (Å²) in [5, 5.41) is 0. The standard InChI is InChI=1S/C12H15N3O/c1-10-9-15-3-2-11(8-12(15)13-10)14-4-6-16-7-5-14/h2-3,8-9H,4-7H2,1H3. The van der Waals surface area contributed by atoms with Gasteiger partial charge in [0.05, 0.1) is 18.9 Å². The Kier molecular flexibility index (Phi) is 2.29. The van der Waals surface area contributed by atoms with Gasteiger partial charge in [-0.25, -0.2) is 4.98 Å². The molecular formula is C12H15N3O. The predicted molar refractivity (Wildman–Crippen MR) is 63.0 cm³/mol. The predicted octanol–water partition coefficient (Wildman–Crippen LogP) is 1.48. The SMILES string of the molecule is Cc1cn2ccc(N3CCOCC3)cc2n1. The monoisotopic (exact) mass is 217 g/mol. The Labute approximate surface area is 94.5 Å². The van der Waals surface area contributed by atoms with E-state index < -0.39 is 0 Å². The van der Waals surface area contributed by atoms with Crippen LogP contribution in [-0.2, 0) is 4.74 Å². The molecule has 0 atom stereocenters. The first kappa shape index (κ1) is 9.66. The maximum absolute atomic E-state index is 5.35. The van der Waals surface area contributed by atoms with E-state index in [0.717, 1.165) is 37.6 Å². The van der Waals surface area contributed by atoms with Gasteiger partial charge in [0.2, 0.25) is 0 Å². The van der Waals surface area contributed by atoms with Gasteiger partial charge in [-0.05, 0) is 13.0 Å². The van der Waals surface area contributed by atoms with Crippen molar-refractivity contribution in [2.75, 3.05) is 31.2 Å². The normalized spacial score (nSPS) is 16.9. The van der Waals surface area contributed by atoms with Crippen LogP contribution < -0.4 is 4.90 Å². The molecule has 0 bridgehead atoms. The third-order valence-corrected chi connectivity index (χ3v) is 2.94. The molecule has 0 aliphatic carbocycles. The number of aryl methyl sites for hydroxylation is 1. The second kappa shape index (κ2) is 3.79. The van der Waals surface area contributed by atoms with Crippen LogP contribution in [0.4, 0.5) is 5.69 Å². The van der Waals surface area contributed by atoms with Crippen LogP contribution in [0, 0.1) is 6.92 Å². The number of nitrogens with zero attached hydrogens (tertiary/aromatic N) is 3. The molecule has 1 aliphatic rings. The zero-order valence-corrected chi connectivity index (χ0v) is 9.39. The Morgan fingerprint density at radius 2 is 2.12 bits per heavy atom. The average molecular weight is 217 g/mol. The van der Waals surface area contributed by atoms with Gasteiger partial charge in [0.25, 0.3) is 0 Å². The maximum Gasteiger partial charge on any atom is 0.139 e. The summed E-state index contributed by atoms with van der Waals surface area (Å²) >= 11 is 0. The van der Waals surface area contributed by atoms with Crippen molar-refractivity contribution in [1.29, 1.82) is 0 Å². The number of ether oxygens (including phenoxy) is 1. The molecule has 2 aromatic rings. The van der Waals surface area contributed by atoms with Crippen LogP contribution in [0.2, 0.25) is 0 Å². The van der Waals surface area contributed by atoms with Crippen molar-refractivity contribution < 1.29 is 4.74 Å². The van der Waals surface area contributed by atoms with Gasteiger partial charge < -0.3 is 14.0 Å². The molecule has 4 nitrogen and oxygen atoms in total. The third kappa shape index (κ3) is 1.65. The lowest BCUT2D eigenvalue weighted by Gasteiger charge is -2.28. The first-order chi connectivity index (χ1) is 7.83. The van der Waals surface area contributed by atoms with E-state index in [-0.39, 0.29) is 0 Å². The maximum atomic E-state index is 5.35. The Hall–Kier alpha value is -1.55. The number of anilines is 1. The van der Waals surface area contributed by atoms with Crippen LogP contribution in [-0.4, -0.2) is 35.7 Å². The van der Waals surface area contributed by atoms with Crippen LogP contribution >= 0.6 is 0 Å². The lowest BCUT2D eigenvalue weighted by molar-refractivity contribution is 0.122. The molecule has 0 aromatic carbocycles. The van der Waals surface area contributed by atoms with Gasteiger partial charge in [-0.2, -0.15) is 0 Å². The molecule has 1 fully saturated rings. The highest BCUT2D eigenvalue weighted by Gasteiger charge is 2.11. The lowest BCUT2D eigenvalue weighted by Crippen LogP contribution is -2.36. The molecule has 4 heteroatoms. The Balaban J connectivity index is 1.97. The van der Waals surface area contributed by atoms with Crippen molar-refractivity contribution in [3.63, 3.8) is 0 Å². The van der Waals surface area contributed by atoms with Crippen molar-refractivity contribution in [3.05, 3.63) is 30.2 Å². The molecule has 0 saturated carbocycles. The summed E-state index contributed by atoms with van der Waals surface area (Å²) in [4.78, 5) is 6.81. The van der Waals surface area contributed by atoms with E-state index >= 15 is 0 Å². The molecule has 0 radical (unpaired) electrons. The van der Waals surface area contributed by atoms with Crippen molar-refractivity contribution in [2.24, 2.45) is 0 Å². The Morgan fingerprint density at radius 3 is 2.94 bits per heavy atom. The summed E-state index contributed by atoms with van der Waals surface area (Å²) in [7, 11) is 0. The van der Waals surface area contributed by atoms with Crippen LogP contribution in [0.1, 0.15) is 5.69 Å². The van der Waals surface area contributed by atoms with Crippen molar-refractivity contribution in [1.82, 2.24) is 9.38 Å². The zero-order valence-electron chi connectivity index (χ0n) is 9.39. The highest BCUT2D eigenvalue weighted by molar-refractivity contribution is 5.56. The summed E-state index contributed by atoms with van der Waals surface area (Å²) in [6.45, 7) is 5.59. The van der Waals surface area contributed by atoms with Gasteiger partial charge in [-0.3, -0.25) is 0 Å². The summed E-state index contributed by atoms with van der Waals surface area (Å²) in [5.41, 5.74) is 3.31. The van der Waals surface area contributed by atoms with Gasteiger partial charge >= 0.3 is 0 Å². The van der Waals surface area contributed by atoms with Gasteiger partial charge in [0.15, 0.2) is 0 Å². The smallest absolute Gasteiger partial charge is 0.139 e. The molecule has 1 saturated heterocycles. The van der Waals surface area contributed by atoms with Gasteiger partial charge in [-0.1, -0.05) is 0 Å². The number of hydrogen-bond acceptors (Lipinski definition) is 3. The van der Waals surface area contributed by atoms with E-state index in [0.29, 0.717) is 0 Å². The van der Waals surface area contributed by atoms with Gasteiger partial charge in [-0.15, -0.1) is 0 Å². The quantitative estimate of drug-likeness (QED) is 0.724. The van der Waals surface area contributed by atoms with E-state index in [1.807, 2.05) is 13.1 Å². The van der Waals surface area contributed by atoms with E-state index in [1.165, 1.54) is 5.69 Å². The molecule has 84 valence electrons. The van der Waals surface area contributed by atoms with Gasteiger partial charge in [0, 0.05) is 37.2 Å². The number of morpholine rings is 1. The summed E-state index contributed by atoms with van der Waals surface area (Å²) < 4.78 is 7.41. The number of rotatable bonds is 1. The topological polar surface area (TPSA) is 29.8 Å². The summed E-state index contributed by atoms with van der Waals surface area (Å²) in [6, 6.07) is 4.28.